The fourth-order valence-corrected chi connectivity index (χ4v) is 4.73. The van der Waals surface area contributed by atoms with Crippen molar-refractivity contribution in [2.45, 2.75) is 90.0 Å². The quantitative estimate of drug-likeness (QED) is 0.0463. The predicted molar refractivity (Wildman–Crippen MR) is 176 cm³/mol. The van der Waals surface area contributed by atoms with E-state index in [0.29, 0.717) is 6.42 Å². The molecule has 0 bridgehead atoms. The van der Waals surface area contributed by atoms with Crippen molar-refractivity contribution in [3.63, 3.8) is 0 Å². The second-order valence-electron chi connectivity index (χ2n) is 12.2. The van der Waals surface area contributed by atoms with Crippen LogP contribution >= 0.6 is 0 Å². The summed E-state index contributed by atoms with van der Waals surface area (Å²) in [5.74, 6) is -3.34. The van der Waals surface area contributed by atoms with Crippen molar-refractivity contribution in [2.24, 2.45) is 39.8 Å². The molecule has 1 rings (SSSR count). The molecule has 5 atom stereocenters. The number of primary amides is 1. The highest BCUT2D eigenvalue weighted by Gasteiger charge is 2.35. The predicted octanol–water partition coefficient (Wildman–Crippen LogP) is -1.54. The minimum absolute atomic E-state index is 0.0146. The summed E-state index contributed by atoms with van der Waals surface area (Å²) < 4.78 is 0. The lowest BCUT2D eigenvalue weighted by Crippen LogP contribution is -2.59. The van der Waals surface area contributed by atoms with Crippen LogP contribution in [0, 0.1) is 11.8 Å². The van der Waals surface area contributed by atoms with Crippen LogP contribution in [0.1, 0.15) is 58.9 Å². The average Bonchev–Trinajstić information content (AvgIpc) is 2.99. The standard InChI is InChI=1S/C31H53N9O6/c1-18(2)14-24(39-28(44)23(38-27(43)21(32)17-41)16-20-10-7-6-8-11-20)30(46)40(5)25(15-19(3)4)29(45)37-22(26(33)42)12-9-13-36-31(34)35/h6-8,10-11,18-19,21-25,41H,9,12-17,32H2,1-5H3,(H2,33,42)(H,37,45)(H,38,43)(H,39,44)(H4,34,35,36)/t21-,22-,23-,24-,25-/m0/s1. The third kappa shape index (κ3) is 14.2. The first-order valence-electron chi connectivity index (χ1n) is 15.5. The summed E-state index contributed by atoms with van der Waals surface area (Å²) in [6.07, 6.45) is 1.17. The fourth-order valence-electron chi connectivity index (χ4n) is 4.73. The molecule has 258 valence electrons. The number of hydrogen-bond donors (Lipinski definition) is 8. The summed E-state index contributed by atoms with van der Waals surface area (Å²) in [6, 6.07) is 3.58. The molecule has 0 saturated heterocycles. The number of rotatable bonds is 20. The molecular formula is C31H53N9O6. The van der Waals surface area contributed by atoms with E-state index >= 15 is 0 Å². The summed E-state index contributed by atoms with van der Waals surface area (Å²) >= 11 is 0. The van der Waals surface area contributed by atoms with Gasteiger partial charge in [0, 0.05) is 20.0 Å². The Balaban J connectivity index is 3.25. The van der Waals surface area contributed by atoms with Crippen molar-refractivity contribution in [1.82, 2.24) is 20.9 Å². The number of nitrogens with two attached hydrogens (primary N) is 4. The molecule has 15 nitrogen and oxygen atoms in total. The Morgan fingerprint density at radius 2 is 1.39 bits per heavy atom. The Labute approximate surface area is 271 Å². The minimum Gasteiger partial charge on any atom is -0.394 e. The molecule has 0 unspecified atom stereocenters. The highest BCUT2D eigenvalue weighted by atomic mass is 16.3. The van der Waals surface area contributed by atoms with Crippen LogP contribution in [0.15, 0.2) is 35.3 Å². The fraction of sp³-hybridized carbons (Fsp3) is 0.613. The van der Waals surface area contributed by atoms with E-state index in [1.54, 1.807) is 24.3 Å². The van der Waals surface area contributed by atoms with Crippen LogP contribution in [-0.4, -0.2) is 95.9 Å². The maximum Gasteiger partial charge on any atom is 0.245 e. The summed E-state index contributed by atoms with van der Waals surface area (Å²) in [7, 11) is 1.47. The molecule has 0 aliphatic carbocycles. The smallest absolute Gasteiger partial charge is 0.245 e. The molecule has 0 heterocycles. The second kappa shape index (κ2) is 20.0. The maximum atomic E-state index is 14.0. The summed E-state index contributed by atoms with van der Waals surface area (Å²) in [5.41, 5.74) is 22.7. The van der Waals surface area contributed by atoms with Crippen LogP contribution in [-0.2, 0) is 30.4 Å². The molecule has 46 heavy (non-hydrogen) atoms. The molecule has 0 radical (unpaired) electrons. The zero-order chi connectivity index (χ0) is 35.0. The average molecular weight is 648 g/mol. The Bertz CT molecular complexity index is 1170. The van der Waals surface area contributed by atoms with Gasteiger partial charge in [-0.15, -0.1) is 0 Å². The van der Waals surface area contributed by atoms with Crippen molar-refractivity contribution in [1.29, 1.82) is 0 Å². The topological polar surface area (TPSA) is 261 Å². The molecule has 0 aliphatic rings. The third-order valence-corrected chi connectivity index (χ3v) is 7.19. The highest BCUT2D eigenvalue weighted by Crippen LogP contribution is 2.16. The molecule has 12 N–H and O–H groups in total. The Hall–Kier alpha value is -4.24. The van der Waals surface area contributed by atoms with Crippen LogP contribution in [0.2, 0.25) is 0 Å². The lowest BCUT2D eigenvalue weighted by atomic mass is 9.97. The van der Waals surface area contributed by atoms with Crippen molar-refractivity contribution in [3.8, 4) is 0 Å². The number of aliphatic hydroxyl groups is 1. The Morgan fingerprint density at radius 3 is 1.91 bits per heavy atom. The number of hydrogen-bond acceptors (Lipinski definition) is 8. The molecular weight excluding hydrogens is 594 g/mol. The van der Waals surface area contributed by atoms with E-state index in [4.69, 9.17) is 22.9 Å². The number of amides is 5. The van der Waals surface area contributed by atoms with E-state index in [1.165, 1.54) is 11.9 Å². The van der Waals surface area contributed by atoms with Crippen molar-refractivity contribution in [2.75, 3.05) is 20.2 Å². The van der Waals surface area contributed by atoms with Gasteiger partial charge in [-0.25, -0.2) is 0 Å². The van der Waals surface area contributed by atoms with E-state index in [-0.39, 0.29) is 50.0 Å². The van der Waals surface area contributed by atoms with Gasteiger partial charge in [-0.1, -0.05) is 58.0 Å². The molecule has 1 aromatic rings. The number of nitrogens with one attached hydrogen (secondary N) is 3. The molecule has 0 saturated carbocycles. The van der Waals surface area contributed by atoms with Crippen LogP contribution in [0.4, 0.5) is 0 Å². The van der Waals surface area contributed by atoms with Gasteiger partial charge in [-0.3, -0.25) is 29.0 Å². The van der Waals surface area contributed by atoms with Gasteiger partial charge in [0.2, 0.25) is 29.5 Å². The number of carbonyl (C=O) groups is 5. The number of likely N-dealkylation sites (N-methyl/N-ethyl adjacent to an activating group) is 1. The lowest BCUT2D eigenvalue weighted by Gasteiger charge is -2.33. The van der Waals surface area contributed by atoms with Crippen molar-refractivity contribution < 1.29 is 29.1 Å². The van der Waals surface area contributed by atoms with Crippen LogP contribution in [0.3, 0.4) is 0 Å². The molecule has 5 amide bonds. The van der Waals surface area contributed by atoms with Crippen LogP contribution < -0.4 is 38.9 Å². The SMILES string of the molecule is CC(C)C[C@H](NC(=O)[C@H](Cc1ccccc1)NC(=O)[C@@H](N)CO)C(=O)N(C)[C@@H](CC(C)C)C(=O)N[C@@H](CCCN=C(N)N)C(N)=O. The van der Waals surface area contributed by atoms with Gasteiger partial charge < -0.3 is 48.9 Å². The number of aliphatic imine (C=N–C) groups is 1. The monoisotopic (exact) mass is 647 g/mol. The van der Waals surface area contributed by atoms with Gasteiger partial charge in [-0.05, 0) is 43.1 Å². The number of carbonyl (C=O) groups excluding carboxylic acids is 5. The zero-order valence-corrected chi connectivity index (χ0v) is 27.6. The summed E-state index contributed by atoms with van der Waals surface area (Å²) in [5, 5.41) is 17.4. The summed E-state index contributed by atoms with van der Waals surface area (Å²) in [4.78, 5) is 70.9. The molecule has 0 aliphatic heterocycles. The number of nitrogens with zero attached hydrogens (tertiary/aromatic N) is 2. The van der Waals surface area contributed by atoms with Crippen molar-refractivity contribution >= 4 is 35.5 Å². The zero-order valence-electron chi connectivity index (χ0n) is 27.6. The van der Waals surface area contributed by atoms with Crippen LogP contribution in [0.25, 0.3) is 0 Å². The first-order chi connectivity index (χ1) is 21.6. The lowest BCUT2D eigenvalue weighted by molar-refractivity contribution is -0.143. The van der Waals surface area contributed by atoms with E-state index in [1.807, 2.05) is 33.8 Å². The largest absolute Gasteiger partial charge is 0.394 e. The van der Waals surface area contributed by atoms with E-state index in [2.05, 4.69) is 20.9 Å². The molecule has 15 heteroatoms. The maximum absolute atomic E-state index is 14.0. The first-order valence-corrected chi connectivity index (χ1v) is 15.5. The van der Waals surface area contributed by atoms with E-state index < -0.39 is 66.4 Å². The number of benzene rings is 1. The molecule has 0 spiro atoms. The number of aliphatic hydroxyl groups excluding tert-OH is 1. The normalized spacial score (nSPS) is 14.4. The minimum atomic E-state index is -1.24. The van der Waals surface area contributed by atoms with Gasteiger partial charge in [0.1, 0.15) is 30.2 Å². The van der Waals surface area contributed by atoms with Crippen LogP contribution in [0.5, 0.6) is 0 Å². The van der Waals surface area contributed by atoms with Gasteiger partial charge in [0.25, 0.3) is 0 Å². The van der Waals surface area contributed by atoms with Gasteiger partial charge in [-0.2, -0.15) is 0 Å². The van der Waals surface area contributed by atoms with E-state index in [9.17, 15) is 29.1 Å². The summed E-state index contributed by atoms with van der Waals surface area (Å²) in [6.45, 7) is 7.17. The van der Waals surface area contributed by atoms with Gasteiger partial charge >= 0.3 is 0 Å². The third-order valence-electron chi connectivity index (χ3n) is 7.19. The Morgan fingerprint density at radius 1 is 0.826 bits per heavy atom. The molecule has 0 aromatic heterocycles. The van der Waals surface area contributed by atoms with Gasteiger partial charge in [0.05, 0.1) is 6.61 Å². The molecule has 1 aromatic carbocycles. The van der Waals surface area contributed by atoms with E-state index in [0.717, 1.165) is 5.56 Å². The highest BCUT2D eigenvalue weighted by molar-refractivity contribution is 5.95. The number of guanidine groups is 1. The van der Waals surface area contributed by atoms with Gasteiger partial charge in [0.15, 0.2) is 5.96 Å². The Kier molecular flexibility index (Phi) is 17.3. The molecule has 0 fully saturated rings. The second-order valence-corrected chi connectivity index (χ2v) is 12.2. The first kappa shape index (κ1) is 39.8. The van der Waals surface area contributed by atoms with Crippen molar-refractivity contribution in [3.05, 3.63) is 35.9 Å².